The van der Waals surface area contributed by atoms with Crippen molar-refractivity contribution in [2.75, 3.05) is 7.11 Å². The molecule has 84 valence electrons. The van der Waals surface area contributed by atoms with E-state index in [1.54, 1.807) is 37.4 Å². The summed E-state index contributed by atoms with van der Waals surface area (Å²) >= 11 is 0. The third-order valence-corrected chi connectivity index (χ3v) is 2.46. The van der Waals surface area contributed by atoms with E-state index in [0.29, 0.717) is 22.4 Å². The number of hydrogen-bond acceptors (Lipinski definition) is 2. The Bertz CT molecular complexity index is 587. The second-order valence-electron chi connectivity index (χ2n) is 3.54. The van der Waals surface area contributed by atoms with E-state index in [4.69, 9.17) is 10.00 Å². The molecule has 0 aliphatic carbocycles. The van der Waals surface area contributed by atoms with E-state index in [-0.39, 0.29) is 5.82 Å². The SMILES string of the molecule is COc1ccc(C#N)cc1-c1cccc(F)c1. The summed E-state index contributed by atoms with van der Waals surface area (Å²) in [4.78, 5) is 0. The lowest BCUT2D eigenvalue weighted by Crippen LogP contribution is -1.89. The molecule has 0 aliphatic heterocycles. The van der Waals surface area contributed by atoms with E-state index in [1.807, 2.05) is 0 Å². The molecule has 2 aromatic carbocycles. The van der Waals surface area contributed by atoms with Crippen molar-refractivity contribution in [3.63, 3.8) is 0 Å². The van der Waals surface area contributed by atoms with Crippen LogP contribution in [0.15, 0.2) is 42.5 Å². The van der Waals surface area contributed by atoms with Gasteiger partial charge in [0.25, 0.3) is 0 Å². The number of ether oxygens (including phenoxy) is 1. The van der Waals surface area contributed by atoms with Crippen LogP contribution in [-0.2, 0) is 0 Å². The molecule has 3 heteroatoms. The summed E-state index contributed by atoms with van der Waals surface area (Å²) in [5, 5.41) is 8.86. The fourth-order valence-corrected chi connectivity index (χ4v) is 1.66. The molecule has 0 N–H and O–H groups in total. The molecule has 0 aromatic heterocycles. The Morgan fingerprint density at radius 3 is 2.65 bits per heavy atom. The molecule has 0 amide bonds. The quantitative estimate of drug-likeness (QED) is 0.788. The monoisotopic (exact) mass is 227 g/mol. The first kappa shape index (κ1) is 11.2. The predicted octanol–water partition coefficient (Wildman–Crippen LogP) is 3.37. The van der Waals surface area contributed by atoms with Crippen LogP contribution >= 0.6 is 0 Å². The van der Waals surface area contributed by atoms with Crippen LogP contribution in [0.25, 0.3) is 11.1 Å². The number of hydrogen-bond donors (Lipinski definition) is 0. The molecule has 0 fully saturated rings. The largest absolute Gasteiger partial charge is 0.496 e. The Balaban J connectivity index is 2.61. The first-order chi connectivity index (χ1) is 8.24. The van der Waals surface area contributed by atoms with Gasteiger partial charge in [0, 0.05) is 5.56 Å². The fourth-order valence-electron chi connectivity index (χ4n) is 1.66. The number of halogens is 1. The maximum atomic E-state index is 13.2. The molecule has 0 saturated heterocycles. The smallest absolute Gasteiger partial charge is 0.126 e. The Morgan fingerprint density at radius 2 is 2.00 bits per heavy atom. The van der Waals surface area contributed by atoms with E-state index >= 15 is 0 Å². The van der Waals surface area contributed by atoms with E-state index in [0.717, 1.165) is 0 Å². The van der Waals surface area contributed by atoms with Crippen molar-refractivity contribution in [1.82, 2.24) is 0 Å². The first-order valence-corrected chi connectivity index (χ1v) is 5.08. The van der Waals surface area contributed by atoms with Crippen LogP contribution in [0.5, 0.6) is 5.75 Å². The summed E-state index contributed by atoms with van der Waals surface area (Å²) in [6, 6.07) is 13.3. The van der Waals surface area contributed by atoms with Gasteiger partial charge in [-0.15, -0.1) is 0 Å². The minimum atomic E-state index is -0.313. The molecule has 2 aromatic rings. The van der Waals surface area contributed by atoms with Gasteiger partial charge < -0.3 is 4.74 Å². The molecular formula is C14H10FNO. The van der Waals surface area contributed by atoms with Gasteiger partial charge in [0.1, 0.15) is 11.6 Å². The average molecular weight is 227 g/mol. The Hall–Kier alpha value is -2.34. The third-order valence-electron chi connectivity index (χ3n) is 2.46. The van der Waals surface area contributed by atoms with Crippen LogP contribution in [0.4, 0.5) is 4.39 Å². The highest BCUT2D eigenvalue weighted by atomic mass is 19.1. The molecule has 0 spiro atoms. The predicted molar refractivity (Wildman–Crippen MR) is 63.1 cm³/mol. The summed E-state index contributed by atoms with van der Waals surface area (Å²) in [6.45, 7) is 0. The number of methoxy groups -OCH3 is 1. The van der Waals surface area contributed by atoms with E-state index in [2.05, 4.69) is 6.07 Å². The molecular weight excluding hydrogens is 217 g/mol. The van der Waals surface area contributed by atoms with Crippen molar-refractivity contribution in [2.24, 2.45) is 0 Å². The average Bonchev–Trinajstić information content (AvgIpc) is 2.38. The molecule has 17 heavy (non-hydrogen) atoms. The zero-order valence-electron chi connectivity index (χ0n) is 9.27. The lowest BCUT2D eigenvalue weighted by atomic mass is 10.0. The Kier molecular flexibility index (Phi) is 3.06. The van der Waals surface area contributed by atoms with Gasteiger partial charge in [-0.1, -0.05) is 12.1 Å². The topological polar surface area (TPSA) is 33.0 Å². The number of nitriles is 1. The second-order valence-corrected chi connectivity index (χ2v) is 3.54. The lowest BCUT2D eigenvalue weighted by molar-refractivity contribution is 0.416. The fraction of sp³-hybridized carbons (Fsp3) is 0.0714. The third kappa shape index (κ3) is 2.26. The van der Waals surface area contributed by atoms with Crippen molar-refractivity contribution in [1.29, 1.82) is 5.26 Å². The summed E-state index contributed by atoms with van der Waals surface area (Å²) in [6.07, 6.45) is 0. The summed E-state index contributed by atoms with van der Waals surface area (Å²) in [7, 11) is 1.55. The van der Waals surface area contributed by atoms with Gasteiger partial charge in [-0.05, 0) is 35.9 Å². The zero-order valence-corrected chi connectivity index (χ0v) is 9.27. The molecule has 2 rings (SSSR count). The maximum absolute atomic E-state index is 13.2. The summed E-state index contributed by atoms with van der Waals surface area (Å²) in [5.74, 6) is 0.307. The highest BCUT2D eigenvalue weighted by Crippen LogP contribution is 2.31. The summed E-state index contributed by atoms with van der Waals surface area (Å²) in [5.41, 5.74) is 1.93. The molecule has 2 nitrogen and oxygen atoms in total. The molecule has 0 atom stereocenters. The van der Waals surface area contributed by atoms with Crippen LogP contribution in [0.2, 0.25) is 0 Å². The van der Waals surface area contributed by atoms with Crippen molar-refractivity contribution < 1.29 is 9.13 Å². The van der Waals surface area contributed by atoms with Gasteiger partial charge in [-0.25, -0.2) is 4.39 Å². The van der Waals surface area contributed by atoms with Crippen molar-refractivity contribution >= 4 is 0 Å². The van der Waals surface area contributed by atoms with Gasteiger partial charge in [-0.2, -0.15) is 5.26 Å². The number of benzene rings is 2. The summed E-state index contributed by atoms with van der Waals surface area (Å²) < 4.78 is 18.4. The van der Waals surface area contributed by atoms with Gasteiger partial charge in [0.2, 0.25) is 0 Å². The molecule has 0 aliphatic rings. The highest BCUT2D eigenvalue weighted by Gasteiger charge is 2.07. The zero-order chi connectivity index (χ0) is 12.3. The van der Waals surface area contributed by atoms with Gasteiger partial charge in [-0.3, -0.25) is 0 Å². The van der Waals surface area contributed by atoms with E-state index in [9.17, 15) is 4.39 Å². The first-order valence-electron chi connectivity index (χ1n) is 5.08. The van der Waals surface area contributed by atoms with E-state index < -0.39 is 0 Å². The van der Waals surface area contributed by atoms with Gasteiger partial charge >= 0.3 is 0 Å². The van der Waals surface area contributed by atoms with Gasteiger partial charge in [0.15, 0.2) is 0 Å². The second kappa shape index (κ2) is 4.67. The van der Waals surface area contributed by atoms with Crippen molar-refractivity contribution in [3.8, 4) is 22.9 Å². The minimum absolute atomic E-state index is 0.313. The van der Waals surface area contributed by atoms with Gasteiger partial charge in [0.05, 0.1) is 18.7 Å². The molecule has 0 bridgehead atoms. The van der Waals surface area contributed by atoms with Crippen molar-refractivity contribution in [3.05, 3.63) is 53.8 Å². The Morgan fingerprint density at radius 1 is 1.18 bits per heavy atom. The van der Waals surface area contributed by atoms with E-state index in [1.165, 1.54) is 12.1 Å². The minimum Gasteiger partial charge on any atom is -0.496 e. The van der Waals surface area contributed by atoms with Crippen LogP contribution in [0.1, 0.15) is 5.56 Å². The van der Waals surface area contributed by atoms with Crippen LogP contribution in [0.3, 0.4) is 0 Å². The van der Waals surface area contributed by atoms with Crippen LogP contribution in [0, 0.1) is 17.1 Å². The Labute approximate surface area is 98.9 Å². The highest BCUT2D eigenvalue weighted by molar-refractivity contribution is 5.72. The molecule has 0 saturated carbocycles. The number of rotatable bonds is 2. The number of nitrogens with zero attached hydrogens (tertiary/aromatic N) is 1. The molecule has 0 unspecified atom stereocenters. The van der Waals surface area contributed by atoms with Crippen LogP contribution < -0.4 is 4.74 Å². The van der Waals surface area contributed by atoms with Crippen molar-refractivity contribution in [2.45, 2.75) is 0 Å². The molecule has 0 heterocycles. The molecule has 0 radical (unpaired) electrons. The van der Waals surface area contributed by atoms with Crippen LogP contribution in [-0.4, -0.2) is 7.11 Å². The maximum Gasteiger partial charge on any atom is 0.126 e. The lowest BCUT2D eigenvalue weighted by Gasteiger charge is -2.08. The normalized spacial score (nSPS) is 9.71. The standard InChI is InChI=1S/C14H10FNO/c1-17-14-6-5-10(9-16)7-13(14)11-3-2-4-12(15)8-11/h2-8H,1H3.